The van der Waals surface area contributed by atoms with Crippen molar-refractivity contribution >= 4 is 34.6 Å². The van der Waals surface area contributed by atoms with E-state index in [1.807, 2.05) is 26.1 Å². The molecule has 5 heterocycles. The van der Waals surface area contributed by atoms with E-state index < -0.39 is 0 Å². The van der Waals surface area contributed by atoms with Crippen LogP contribution in [0.4, 0.5) is 11.4 Å². The molecule has 9 heteroatoms. The lowest BCUT2D eigenvalue weighted by Gasteiger charge is -2.22. The van der Waals surface area contributed by atoms with E-state index in [-0.39, 0.29) is 5.91 Å². The Bertz CT molecular complexity index is 1300. The van der Waals surface area contributed by atoms with Crippen molar-refractivity contribution < 1.29 is 14.3 Å². The van der Waals surface area contributed by atoms with E-state index >= 15 is 0 Å². The number of amides is 1. The van der Waals surface area contributed by atoms with Crippen LogP contribution >= 0.6 is 0 Å². The summed E-state index contributed by atoms with van der Waals surface area (Å²) in [7, 11) is 1.82. The molecule has 202 valence electrons. The number of fused-ring (bicyclic) bond motifs is 1. The summed E-state index contributed by atoms with van der Waals surface area (Å²) in [6.07, 6.45) is 10.3. The minimum absolute atomic E-state index is 0.187. The maximum absolute atomic E-state index is 12.8. The number of likely N-dealkylation sites (tertiary alicyclic amines) is 1. The molecule has 0 aromatic carbocycles. The third-order valence-electron chi connectivity index (χ3n) is 8.43. The molecule has 3 aromatic rings. The van der Waals surface area contributed by atoms with E-state index in [0.717, 1.165) is 61.3 Å². The maximum Gasteiger partial charge on any atom is 0.257 e. The molecule has 9 nitrogen and oxygen atoms in total. The second kappa shape index (κ2) is 11.2. The minimum atomic E-state index is -0.187. The molecular weight excluding hydrogens is 480 g/mol. The van der Waals surface area contributed by atoms with Crippen LogP contribution in [0.15, 0.2) is 30.6 Å². The summed E-state index contributed by atoms with van der Waals surface area (Å²) < 4.78 is 5.53. The van der Waals surface area contributed by atoms with Crippen molar-refractivity contribution in [2.75, 3.05) is 44.0 Å². The van der Waals surface area contributed by atoms with E-state index in [0.29, 0.717) is 35.2 Å². The molecule has 1 aliphatic carbocycles. The van der Waals surface area contributed by atoms with Crippen molar-refractivity contribution in [1.82, 2.24) is 19.9 Å². The highest BCUT2D eigenvalue weighted by molar-refractivity contribution is 6.06. The molecule has 2 atom stereocenters. The number of H-pyrrole nitrogens is 1. The van der Waals surface area contributed by atoms with Crippen LogP contribution in [0.5, 0.6) is 0 Å². The van der Waals surface area contributed by atoms with Gasteiger partial charge < -0.3 is 25.1 Å². The third-order valence-corrected chi connectivity index (χ3v) is 8.43. The lowest BCUT2D eigenvalue weighted by atomic mass is 9.93. The van der Waals surface area contributed by atoms with Crippen molar-refractivity contribution in [3.8, 4) is 0 Å². The molecule has 2 unspecified atom stereocenters. The van der Waals surface area contributed by atoms with Gasteiger partial charge in [0.05, 0.1) is 35.4 Å². The zero-order valence-corrected chi connectivity index (χ0v) is 22.5. The number of aromatic amines is 1. The number of carbonyl (C=O) groups is 2. The molecule has 1 amide bonds. The number of anilines is 2. The summed E-state index contributed by atoms with van der Waals surface area (Å²) in [6, 6.07) is 6.57. The first kappa shape index (κ1) is 26.3. The summed E-state index contributed by atoms with van der Waals surface area (Å²) in [6.45, 7) is 7.51. The Morgan fingerprint density at radius 1 is 1.24 bits per heavy atom. The summed E-state index contributed by atoms with van der Waals surface area (Å²) in [5, 5.41) is 6.96. The fourth-order valence-electron chi connectivity index (χ4n) is 5.82. The average molecular weight is 519 g/mol. The summed E-state index contributed by atoms with van der Waals surface area (Å²) in [4.78, 5) is 37.3. The van der Waals surface area contributed by atoms with Gasteiger partial charge in [0.15, 0.2) is 0 Å². The first-order valence-electron chi connectivity index (χ1n) is 13.6. The number of rotatable bonds is 6. The number of aromatic nitrogens is 3. The molecule has 3 N–H and O–H groups in total. The van der Waals surface area contributed by atoms with Crippen LogP contribution in [-0.4, -0.2) is 71.4 Å². The number of carbonyl (C=O) groups excluding carboxylic acids is 2. The first-order valence-corrected chi connectivity index (χ1v) is 13.6. The second-order valence-electron chi connectivity index (χ2n) is 10.8. The van der Waals surface area contributed by atoms with Gasteiger partial charge in [-0.1, -0.05) is 0 Å². The van der Waals surface area contributed by atoms with Gasteiger partial charge in [0.25, 0.3) is 5.91 Å². The van der Waals surface area contributed by atoms with Crippen molar-refractivity contribution in [3.05, 3.63) is 47.5 Å². The molecule has 3 aliphatic rings. The smallest absolute Gasteiger partial charge is 0.257 e. The van der Waals surface area contributed by atoms with Gasteiger partial charge in [0, 0.05) is 49.5 Å². The van der Waals surface area contributed by atoms with Crippen LogP contribution in [0.1, 0.15) is 66.7 Å². The monoisotopic (exact) mass is 518 g/mol. The number of hydrogen-bond donors (Lipinski definition) is 3. The van der Waals surface area contributed by atoms with Crippen LogP contribution in [0, 0.1) is 12.3 Å². The summed E-state index contributed by atoms with van der Waals surface area (Å²) in [5.41, 5.74) is 5.31. The number of nitrogens with zero attached hydrogens (tertiary/aromatic N) is 3. The number of pyridine rings is 2. The molecule has 3 fully saturated rings. The first-order chi connectivity index (χ1) is 18.4. The van der Waals surface area contributed by atoms with Gasteiger partial charge in [-0.25, -0.2) is 4.98 Å². The largest absolute Gasteiger partial charge is 0.387 e. The van der Waals surface area contributed by atoms with Gasteiger partial charge in [-0.05, 0) is 76.1 Å². The lowest BCUT2D eigenvalue weighted by molar-refractivity contribution is -0.109. The summed E-state index contributed by atoms with van der Waals surface area (Å²) in [5.74, 6) is 0.364. The highest BCUT2D eigenvalue weighted by Gasteiger charge is 2.55. The van der Waals surface area contributed by atoms with Gasteiger partial charge in [0.1, 0.15) is 11.9 Å². The normalized spacial score (nSPS) is 22.1. The van der Waals surface area contributed by atoms with Gasteiger partial charge in [-0.3, -0.25) is 14.7 Å². The fourth-order valence-corrected chi connectivity index (χ4v) is 5.82. The average Bonchev–Trinajstić information content (AvgIpc) is 3.23. The molecule has 38 heavy (non-hydrogen) atoms. The van der Waals surface area contributed by atoms with Gasteiger partial charge in [0.2, 0.25) is 0 Å². The minimum Gasteiger partial charge on any atom is -0.387 e. The van der Waals surface area contributed by atoms with E-state index in [9.17, 15) is 9.59 Å². The molecule has 0 bridgehead atoms. The number of ether oxygens (including phenoxy) is 1. The van der Waals surface area contributed by atoms with Crippen molar-refractivity contribution in [1.29, 1.82) is 0 Å². The van der Waals surface area contributed by atoms with Crippen LogP contribution in [0.2, 0.25) is 0 Å². The van der Waals surface area contributed by atoms with E-state index in [2.05, 4.69) is 43.5 Å². The Balaban J connectivity index is 0.000000278. The molecule has 1 saturated carbocycles. The maximum atomic E-state index is 12.8. The van der Waals surface area contributed by atoms with Gasteiger partial charge >= 0.3 is 0 Å². The Hall–Kier alpha value is -3.30. The quantitative estimate of drug-likeness (QED) is 0.412. The Morgan fingerprint density at radius 2 is 2.05 bits per heavy atom. The molecular formula is C29H38N6O3. The second-order valence-corrected chi connectivity index (χ2v) is 10.8. The fraction of sp³-hybridized carbons (Fsp3) is 0.517. The zero-order chi connectivity index (χ0) is 26.7. The molecule has 6 rings (SSSR count). The highest BCUT2D eigenvalue weighted by atomic mass is 16.5. The number of aldehydes is 1. The predicted molar refractivity (Wildman–Crippen MR) is 149 cm³/mol. The van der Waals surface area contributed by atoms with Crippen LogP contribution in [0.25, 0.3) is 11.0 Å². The van der Waals surface area contributed by atoms with Crippen molar-refractivity contribution in [2.24, 2.45) is 5.41 Å². The van der Waals surface area contributed by atoms with Crippen molar-refractivity contribution in [2.45, 2.75) is 57.9 Å². The number of aryl methyl sites for hydroxylation is 1. The lowest BCUT2D eigenvalue weighted by Crippen LogP contribution is -2.28. The predicted octanol–water partition coefficient (Wildman–Crippen LogP) is 4.51. The van der Waals surface area contributed by atoms with Crippen LogP contribution < -0.4 is 10.6 Å². The molecule has 2 aliphatic heterocycles. The van der Waals surface area contributed by atoms with Gasteiger partial charge in [-0.2, -0.15) is 0 Å². The van der Waals surface area contributed by atoms with E-state index in [1.54, 1.807) is 12.4 Å². The van der Waals surface area contributed by atoms with Crippen LogP contribution in [-0.2, 0) is 9.53 Å². The third kappa shape index (κ3) is 5.59. The van der Waals surface area contributed by atoms with Crippen LogP contribution in [0.3, 0.4) is 0 Å². The topological polar surface area (TPSA) is 112 Å². The molecule has 2 saturated heterocycles. The number of hydrogen-bond acceptors (Lipinski definition) is 7. The Morgan fingerprint density at radius 3 is 2.76 bits per heavy atom. The zero-order valence-electron chi connectivity index (χ0n) is 22.5. The molecule has 0 radical (unpaired) electrons. The van der Waals surface area contributed by atoms with E-state index in [4.69, 9.17) is 4.74 Å². The standard InChI is InChI=1S/C22H25N5O2.C7H13NO/c1-13-18(9-16(23-2)12-24-13)27-21(28)15-7-14-8-19(26-20(14)25-11-15)17-10-22(17)3-5-29-6-4-22;1-7-3-2-4-8(7)5-6-9/h7-9,11-12,17,23H,3-6,10H2,1-2H3,(H,25,26)(H,27,28);6-7H,2-5H2,1H3. The molecule has 1 spiro atoms. The molecule has 3 aromatic heterocycles. The van der Waals surface area contributed by atoms with Gasteiger partial charge in [-0.15, -0.1) is 0 Å². The Kier molecular flexibility index (Phi) is 7.76. The van der Waals surface area contributed by atoms with Crippen molar-refractivity contribution in [3.63, 3.8) is 0 Å². The number of nitrogens with one attached hydrogen (secondary N) is 3. The SMILES string of the molecule is CC1CCCN1CC=O.CNc1cnc(C)c(NC(=O)c2cnc3[nH]c(C4CC45CCOCC5)cc3c2)c1. The summed E-state index contributed by atoms with van der Waals surface area (Å²) >= 11 is 0. The Labute approximate surface area is 223 Å². The highest BCUT2D eigenvalue weighted by Crippen LogP contribution is 2.64. The van der Waals surface area contributed by atoms with E-state index in [1.165, 1.54) is 25.0 Å².